The second kappa shape index (κ2) is 8.02. The number of alkyl halides is 1. The summed E-state index contributed by atoms with van der Waals surface area (Å²) in [5.41, 5.74) is 1.76. The highest BCUT2D eigenvalue weighted by Gasteiger charge is 2.38. The molecule has 0 unspecified atom stereocenters. The molecule has 0 bridgehead atoms. The van der Waals surface area contributed by atoms with Gasteiger partial charge in [0, 0.05) is 25.2 Å². The summed E-state index contributed by atoms with van der Waals surface area (Å²) < 4.78 is 27.8. The average molecular weight is 367 g/mol. The molecule has 2 aliphatic rings. The Morgan fingerprint density at radius 1 is 1.35 bits per heavy atom. The molecule has 1 aliphatic carbocycles. The summed E-state index contributed by atoms with van der Waals surface area (Å²) in [6.07, 6.45) is 1.27. The molecule has 26 heavy (non-hydrogen) atoms. The van der Waals surface area contributed by atoms with Crippen molar-refractivity contribution in [3.63, 3.8) is 0 Å². The summed E-state index contributed by atoms with van der Waals surface area (Å²) in [5.74, 6) is -2.21. The zero-order valence-corrected chi connectivity index (χ0v) is 14.6. The lowest BCUT2D eigenvalue weighted by Gasteiger charge is -2.18. The minimum Gasteiger partial charge on any atom is -0.481 e. The lowest BCUT2D eigenvalue weighted by Crippen LogP contribution is -2.22. The molecule has 1 fully saturated rings. The van der Waals surface area contributed by atoms with Gasteiger partial charge in [0.15, 0.2) is 0 Å². The Hall–Kier alpha value is -1.51. The average Bonchev–Trinajstić information content (AvgIpc) is 3.10. The Bertz CT molecular complexity index is 673. The van der Waals surface area contributed by atoms with Crippen LogP contribution in [0.25, 0.3) is 0 Å². The van der Waals surface area contributed by atoms with E-state index in [-0.39, 0.29) is 31.1 Å². The van der Waals surface area contributed by atoms with Crippen LogP contribution in [0.15, 0.2) is 12.1 Å². The van der Waals surface area contributed by atoms with Crippen LogP contribution in [0.3, 0.4) is 0 Å². The maximum atomic E-state index is 14.5. The predicted octanol–water partition coefficient (Wildman–Crippen LogP) is 1.96. The fourth-order valence-electron chi connectivity index (χ4n) is 4.26. The third-order valence-electron chi connectivity index (χ3n) is 5.51. The Kier molecular flexibility index (Phi) is 5.94. The first-order chi connectivity index (χ1) is 12.3. The van der Waals surface area contributed by atoms with E-state index in [1.54, 1.807) is 6.07 Å². The van der Waals surface area contributed by atoms with Gasteiger partial charge in [-0.2, -0.15) is 0 Å². The number of likely N-dealkylation sites (tertiary alicyclic amines) is 1. The highest BCUT2D eigenvalue weighted by atomic mass is 19.1. The number of hydrogen-bond donors (Lipinski definition) is 3. The van der Waals surface area contributed by atoms with Crippen LogP contribution < -0.4 is 0 Å². The Morgan fingerprint density at radius 2 is 2.12 bits per heavy atom. The fourth-order valence-corrected chi connectivity index (χ4v) is 4.26. The molecule has 1 aromatic rings. The van der Waals surface area contributed by atoms with Crippen molar-refractivity contribution in [3.05, 3.63) is 34.6 Å². The van der Waals surface area contributed by atoms with Crippen LogP contribution in [0, 0.1) is 11.7 Å². The first kappa shape index (κ1) is 19.3. The van der Waals surface area contributed by atoms with Gasteiger partial charge in [-0.15, -0.1) is 0 Å². The number of fused-ring (bicyclic) bond motifs is 1. The Balaban J connectivity index is 1.77. The molecule has 5 nitrogen and oxygen atoms in total. The molecule has 0 saturated carbocycles. The summed E-state index contributed by atoms with van der Waals surface area (Å²) in [6, 6.07) is 3.06. The van der Waals surface area contributed by atoms with E-state index in [1.165, 1.54) is 6.07 Å². The van der Waals surface area contributed by atoms with Crippen LogP contribution >= 0.6 is 0 Å². The third-order valence-corrected chi connectivity index (χ3v) is 5.51. The predicted molar refractivity (Wildman–Crippen MR) is 93.0 cm³/mol. The standard InChI is InChI=1S/C18H24BF2NO4/c20-14-3-5-22(10-14)9-13-7-15-12(8-16(13)21)6-11(17(15)18(23)24)2-1-4-19(25)26/h7-8,11,14,17,25-26H,1-6,9-10H2,(H,23,24)/t11-,14+,17-/m0/s1. The zero-order valence-electron chi connectivity index (χ0n) is 14.6. The number of nitrogens with zero attached hydrogens (tertiary/aromatic N) is 1. The molecule has 142 valence electrons. The second-order valence-electron chi connectivity index (χ2n) is 7.46. The molecular formula is C18H24BF2NO4. The van der Waals surface area contributed by atoms with Crippen molar-refractivity contribution in [2.45, 2.75) is 50.6 Å². The van der Waals surface area contributed by atoms with E-state index in [4.69, 9.17) is 10.0 Å². The second-order valence-corrected chi connectivity index (χ2v) is 7.46. The van der Waals surface area contributed by atoms with E-state index in [0.29, 0.717) is 48.9 Å². The molecular weight excluding hydrogens is 343 g/mol. The first-order valence-corrected chi connectivity index (χ1v) is 9.11. The van der Waals surface area contributed by atoms with Gasteiger partial charge in [0.25, 0.3) is 0 Å². The van der Waals surface area contributed by atoms with Crippen molar-refractivity contribution in [2.75, 3.05) is 13.1 Å². The number of carboxylic acids is 1. The summed E-state index contributed by atoms with van der Waals surface area (Å²) in [5, 5.41) is 27.6. The number of carboxylic acid groups (broad SMARTS) is 1. The summed E-state index contributed by atoms with van der Waals surface area (Å²) >= 11 is 0. The summed E-state index contributed by atoms with van der Waals surface area (Å²) in [4.78, 5) is 13.7. The molecule has 3 atom stereocenters. The van der Waals surface area contributed by atoms with Crippen molar-refractivity contribution < 1.29 is 28.7 Å². The smallest absolute Gasteiger partial charge is 0.451 e. The molecule has 0 spiro atoms. The number of rotatable bonds is 7. The van der Waals surface area contributed by atoms with E-state index in [9.17, 15) is 18.7 Å². The minimum atomic E-state index is -1.40. The van der Waals surface area contributed by atoms with E-state index < -0.39 is 25.2 Å². The van der Waals surface area contributed by atoms with Crippen LogP contribution in [0.4, 0.5) is 8.78 Å². The van der Waals surface area contributed by atoms with Crippen LogP contribution in [-0.2, 0) is 17.8 Å². The molecule has 1 saturated heterocycles. The lowest BCUT2D eigenvalue weighted by atomic mass is 9.80. The van der Waals surface area contributed by atoms with Crippen molar-refractivity contribution in [1.82, 2.24) is 4.90 Å². The van der Waals surface area contributed by atoms with E-state index in [1.807, 2.05) is 4.90 Å². The molecule has 1 aromatic carbocycles. The maximum absolute atomic E-state index is 14.5. The number of carbonyl (C=O) groups is 1. The van der Waals surface area contributed by atoms with Gasteiger partial charge in [-0.25, -0.2) is 8.78 Å². The van der Waals surface area contributed by atoms with Crippen LogP contribution in [0.2, 0.25) is 6.32 Å². The SMILES string of the molecule is O=C(O)[C@@H]1c2cc(CN3CC[C@@H](F)C3)c(F)cc2C[C@@H]1CCCB(O)O. The Morgan fingerprint density at radius 3 is 2.73 bits per heavy atom. The van der Waals surface area contributed by atoms with Gasteiger partial charge >= 0.3 is 13.1 Å². The monoisotopic (exact) mass is 367 g/mol. The fraction of sp³-hybridized carbons (Fsp3) is 0.611. The quantitative estimate of drug-likeness (QED) is 0.642. The highest BCUT2D eigenvalue weighted by molar-refractivity contribution is 6.40. The van der Waals surface area contributed by atoms with Crippen molar-refractivity contribution in [3.8, 4) is 0 Å². The largest absolute Gasteiger partial charge is 0.481 e. The molecule has 8 heteroatoms. The van der Waals surface area contributed by atoms with Gasteiger partial charge < -0.3 is 15.2 Å². The number of benzene rings is 1. The van der Waals surface area contributed by atoms with E-state index in [0.717, 1.165) is 0 Å². The van der Waals surface area contributed by atoms with Crippen LogP contribution in [0.5, 0.6) is 0 Å². The van der Waals surface area contributed by atoms with Gasteiger partial charge in [0.2, 0.25) is 0 Å². The summed E-state index contributed by atoms with van der Waals surface area (Å²) in [6.45, 7) is 1.14. The third kappa shape index (κ3) is 4.24. The van der Waals surface area contributed by atoms with Crippen LogP contribution in [0.1, 0.15) is 41.9 Å². The molecule has 1 aliphatic heterocycles. The molecule has 0 aromatic heterocycles. The molecule has 3 rings (SSSR count). The molecule has 0 amide bonds. The molecule has 1 heterocycles. The van der Waals surface area contributed by atoms with E-state index >= 15 is 0 Å². The number of halogens is 2. The van der Waals surface area contributed by atoms with E-state index in [2.05, 4.69) is 0 Å². The Labute approximate surface area is 151 Å². The van der Waals surface area contributed by atoms with Gasteiger partial charge in [-0.3, -0.25) is 9.69 Å². The first-order valence-electron chi connectivity index (χ1n) is 9.11. The normalized spacial score (nSPS) is 25.5. The van der Waals surface area contributed by atoms with Gasteiger partial charge in [0.05, 0.1) is 5.92 Å². The number of aliphatic carboxylic acids is 1. The van der Waals surface area contributed by atoms with Crippen molar-refractivity contribution in [1.29, 1.82) is 0 Å². The topological polar surface area (TPSA) is 81.0 Å². The van der Waals surface area contributed by atoms with Gasteiger partial charge in [-0.05, 0) is 48.7 Å². The lowest BCUT2D eigenvalue weighted by molar-refractivity contribution is -0.139. The van der Waals surface area contributed by atoms with Gasteiger partial charge in [-0.1, -0.05) is 12.5 Å². The van der Waals surface area contributed by atoms with Crippen LogP contribution in [-0.4, -0.2) is 52.4 Å². The van der Waals surface area contributed by atoms with Crippen molar-refractivity contribution >= 4 is 13.1 Å². The van der Waals surface area contributed by atoms with Crippen molar-refractivity contribution in [2.24, 2.45) is 5.92 Å². The summed E-state index contributed by atoms with van der Waals surface area (Å²) in [7, 11) is -1.40. The maximum Gasteiger partial charge on any atom is 0.451 e. The number of hydrogen-bond acceptors (Lipinski definition) is 4. The highest BCUT2D eigenvalue weighted by Crippen LogP contribution is 2.42. The molecule has 0 radical (unpaired) electrons. The zero-order chi connectivity index (χ0) is 18.8. The molecule has 3 N–H and O–H groups in total. The minimum absolute atomic E-state index is 0.182. The van der Waals surface area contributed by atoms with Gasteiger partial charge in [0.1, 0.15) is 12.0 Å².